The van der Waals surface area contributed by atoms with Crippen LogP contribution in [0.25, 0.3) is 5.76 Å². The van der Waals surface area contributed by atoms with Crippen molar-refractivity contribution in [1.82, 2.24) is 9.80 Å². The van der Waals surface area contributed by atoms with Gasteiger partial charge in [-0.15, -0.1) is 0 Å². The van der Waals surface area contributed by atoms with Gasteiger partial charge in [0.25, 0.3) is 11.7 Å². The van der Waals surface area contributed by atoms with Crippen molar-refractivity contribution in [3.8, 4) is 11.5 Å². The lowest BCUT2D eigenvalue weighted by Gasteiger charge is -2.26. The summed E-state index contributed by atoms with van der Waals surface area (Å²) in [7, 11) is 5.43. The fourth-order valence-corrected chi connectivity index (χ4v) is 4.03. The van der Waals surface area contributed by atoms with Crippen LogP contribution >= 0.6 is 11.6 Å². The second-order valence-corrected chi connectivity index (χ2v) is 8.44. The number of benzene rings is 2. The van der Waals surface area contributed by atoms with Crippen LogP contribution in [0.4, 0.5) is 0 Å². The Morgan fingerprint density at radius 2 is 1.82 bits per heavy atom. The van der Waals surface area contributed by atoms with Gasteiger partial charge in [0.2, 0.25) is 0 Å². The lowest BCUT2D eigenvalue weighted by atomic mass is 9.95. The van der Waals surface area contributed by atoms with E-state index in [0.29, 0.717) is 47.2 Å². The summed E-state index contributed by atoms with van der Waals surface area (Å²) in [6.45, 7) is 3.45. The molecule has 0 aromatic heterocycles. The lowest BCUT2D eigenvalue weighted by Crippen LogP contribution is -2.32. The first-order valence-corrected chi connectivity index (χ1v) is 11.2. The van der Waals surface area contributed by atoms with Crippen molar-refractivity contribution in [3.63, 3.8) is 0 Å². The number of carbonyl (C=O) groups is 2. The monoisotopic (exact) mass is 472 g/mol. The van der Waals surface area contributed by atoms with E-state index in [1.807, 2.05) is 25.9 Å². The molecule has 1 heterocycles. The highest BCUT2D eigenvalue weighted by atomic mass is 35.5. The highest BCUT2D eigenvalue weighted by Gasteiger charge is 2.46. The highest BCUT2D eigenvalue weighted by molar-refractivity contribution is 6.46. The molecular weight excluding hydrogens is 444 g/mol. The third kappa shape index (κ3) is 5.31. The van der Waals surface area contributed by atoms with E-state index in [2.05, 4.69) is 0 Å². The molecule has 2 aromatic carbocycles. The number of Topliss-reactive ketones (excluding diaryl/α,β-unsaturated/α-hetero) is 1. The summed E-state index contributed by atoms with van der Waals surface area (Å²) in [6, 6.07) is 11.0. The molecule has 2 aromatic rings. The quantitative estimate of drug-likeness (QED) is 0.336. The molecule has 1 atom stereocenters. The Hall–Kier alpha value is -3.03. The summed E-state index contributed by atoms with van der Waals surface area (Å²) < 4.78 is 11.1. The second-order valence-electron chi connectivity index (χ2n) is 8.00. The van der Waals surface area contributed by atoms with E-state index in [1.54, 1.807) is 42.5 Å². The number of rotatable bonds is 9. The average Bonchev–Trinajstić information content (AvgIpc) is 3.04. The predicted octanol–water partition coefficient (Wildman–Crippen LogP) is 4.12. The first kappa shape index (κ1) is 24.6. The fourth-order valence-electron chi connectivity index (χ4n) is 3.91. The Bertz CT molecular complexity index is 1050. The van der Waals surface area contributed by atoms with E-state index in [0.717, 1.165) is 6.54 Å². The number of carbonyl (C=O) groups excluding carboxylic acids is 2. The molecule has 0 unspecified atom stereocenters. The number of amides is 1. The minimum Gasteiger partial charge on any atom is -0.507 e. The molecule has 1 aliphatic heterocycles. The van der Waals surface area contributed by atoms with E-state index in [-0.39, 0.29) is 11.3 Å². The average molecular weight is 473 g/mol. The van der Waals surface area contributed by atoms with Gasteiger partial charge in [0, 0.05) is 17.1 Å². The fraction of sp³-hybridized carbons (Fsp3) is 0.360. The summed E-state index contributed by atoms with van der Waals surface area (Å²) >= 11 is 5.98. The molecule has 0 radical (unpaired) electrons. The largest absolute Gasteiger partial charge is 0.507 e. The van der Waals surface area contributed by atoms with Gasteiger partial charge in [-0.2, -0.15) is 0 Å². The first-order chi connectivity index (χ1) is 15.8. The number of hydrogen-bond acceptors (Lipinski definition) is 6. The molecule has 8 heteroatoms. The molecule has 0 saturated carbocycles. The molecule has 1 amide bonds. The molecule has 0 aliphatic carbocycles. The first-order valence-electron chi connectivity index (χ1n) is 10.8. The van der Waals surface area contributed by atoms with Crippen LogP contribution in [0.2, 0.25) is 5.02 Å². The van der Waals surface area contributed by atoms with Crippen LogP contribution in [0.5, 0.6) is 11.5 Å². The molecule has 1 saturated heterocycles. The highest BCUT2D eigenvalue weighted by Crippen LogP contribution is 2.42. The summed E-state index contributed by atoms with van der Waals surface area (Å²) in [5.74, 6) is -0.545. The summed E-state index contributed by atoms with van der Waals surface area (Å²) in [4.78, 5) is 29.7. The Morgan fingerprint density at radius 3 is 2.42 bits per heavy atom. The number of methoxy groups -OCH3 is 1. The molecule has 0 spiro atoms. The SMILES string of the molecule is CCOc1ccc([C@@H]2C(=C(O)c3ccc(Cl)cc3)C(=O)C(=O)N2CCCN(C)C)cc1OC. The van der Waals surface area contributed by atoms with Crippen LogP contribution in [-0.2, 0) is 9.59 Å². The molecule has 1 N–H and O–H groups in total. The number of ketones is 1. The smallest absolute Gasteiger partial charge is 0.295 e. The maximum atomic E-state index is 13.1. The van der Waals surface area contributed by atoms with E-state index in [1.165, 1.54) is 12.0 Å². The number of aliphatic hydroxyl groups excluding tert-OH is 1. The van der Waals surface area contributed by atoms with Gasteiger partial charge in [-0.25, -0.2) is 0 Å². The Labute approximate surface area is 199 Å². The molecular formula is C25H29ClN2O5. The zero-order valence-corrected chi connectivity index (χ0v) is 20.1. The normalized spacial score (nSPS) is 17.6. The van der Waals surface area contributed by atoms with Crippen LogP contribution in [0, 0.1) is 0 Å². The third-order valence-corrected chi connectivity index (χ3v) is 5.72. The number of likely N-dealkylation sites (tertiary alicyclic amines) is 1. The number of nitrogens with zero attached hydrogens (tertiary/aromatic N) is 2. The van der Waals surface area contributed by atoms with Crippen molar-refractivity contribution in [3.05, 3.63) is 64.2 Å². The maximum Gasteiger partial charge on any atom is 0.295 e. The topological polar surface area (TPSA) is 79.3 Å². The Balaban J connectivity index is 2.12. The van der Waals surface area contributed by atoms with Gasteiger partial charge in [0.1, 0.15) is 5.76 Å². The van der Waals surface area contributed by atoms with Gasteiger partial charge >= 0.3 is 0 Å². The Morgan fingerprint density at radius 1 is 1.12 bits per heavy atom. The van der Waals surface area contributed by atoms with Crippen molar-refractivity contribution in [2.45, 2.75) is 19.4 Å². The standard InChI is InChI=1S/C25H29ClN2O5/c1-5-33-19-12-9-17(15-20(19)32-4)22-21(23(29)16-7-10-18(26)11-8-16)24(30)25(31)28(22)14-6-13-27(2)3/h7-12,15,22,29H,5-6,13-14H2,1-4H3/t22-/m1/s1. The molecule has 3 rings (SSSR count). The lowest BCUT2D eigenvalue weighted by molar-refractivity contribution is -0.139. The van der Waals surface area contributed by atoms with Crippen LogP contribution < -0.4 is 9.47 Å². The van der Waals surface area contributed by atoms with E-state index >= 15 is 0 Å². The van der Waals surface area contributed by atoms with Crippen molar-refractivity contribution >= 4 is 29.1 Å². The molecule has 0 bridgehead atoms. The van der Waals surface area contributed by atoms with Crippen LogP contribution in [0.15, 0.2) is 48.0 Å². The number of halogens is 1. The zero-order chi connectivity index (χ0) is 24.1. The van der Waals surface area contributed by atoms with Crippen molar-refractivity contribution < 1.29 is 24.2 Å². The number of hydrogen-bond donors (Lipinski definition) is 1. The molecule has 7 nitrogen and oxygen atoms in total. The van der Waals surface area contributed by atoms with E-state index in [9.17, 15) is 14.7 Å². The van der Waals surface area contributed by atoms with Gasteiger partial charge in [0.15, 0.2) is 11.5 Å². The minimum atomic E-state index is -0.757. The van der Waals surface area contributed by atoms with Crippen LogP contribution in [0.3, 0.4) is 0 Å². The summed E-state index contributed by atoms with van der Waals surface area (Å²) in [5, 5.41) is 11.6. The van der Waals surface area contributed by atoms with E-state index in [4.69, 9.17) is 21.1 Å². The van der Waals surface area contributed by atoms with Gasteiger partial charge in [-0.1, -0.05) is 17.7 Å². The van der Waals surface area contributed by atoms with Crippen molar-refractivity contribution in [2.75, 3.05) is 40.9 Å². The zero-order valence-electron chi connectivity index (χ0n) is 19.3. The molecule has 176 valence electrons. The van der Waals surface area contributed by atoms with Gasteiger partial charge < -0.3 is 24.4 Å². The van der Waals surface area contributed by atoms with Crippen LogP contribution in [0.1, 0.15) is 30.5 Å². The maximum absolute atomic E-state index is 13.1. The minimum absolute atomic E-state index is 0.0402. The number of aliphatic hydroxyl groups is 1. The van der Waals surface area contributed by atoms with Crippen LogP contribution in [-0.4, -0.2) is 67.5 Å². The number of ether oxygens (including phenoxy) is 2. The van der Waals surface area contributed by atoms with Crippen molar-refractivity contribution in [1.29, 1.82) is 0 Å². The second kappa shape index (κ2) is 10.7. The predicted molar refractivity (Wildman–Crippen MR) is 128 cm³/mol. The van der Waals surface area contributed by atoms with Gasteiger partial charge in [-0.3, -0.25) is 9.59 Å². The Kier molecular flexibility index (Phi) is 8.00. The summed E-state index contributed by atoms with van der Waals surface area (Å²) in [6.07, 6.45) is 0.672. The van der Waals surface area contributed by atoms with Gasteiger partial charge in [0.05, 0.1) is 25.3 Å². The van der Waals surface area contributed by atoms with Crippen molar-refractivity contribution in [2.24, 2.45) is 0 Å². The molecule has 1 aliphatic rings. The van der Waals surface area contributed by atoms with Gasteiger partial charge in [-0.05, 0) is 75.9 Å². The van der Waals surface area contributed by atoms with E-state index < -0.39 is 17.7 Å². The molecule has 1 fully saturated rings. The molecule has 33 heavy (non-hydrogen) atoms. The third-order valence-electron chi connectivity index (χ3n) is 5.47. The summed E-state index contributed by atoms with van der Waals surface area (Å²) in [5.41, 5.74) is 1.10.